The number of aryl methyl sites for hydroxylation is 1. The molecular weight excluding hydrogens is 352 g/mol. The molecule has 3 heterocycles. The SMILES string of the molecule is Cc1ccc(NC(=O)NC[C@@H]2CCCN(c3ncccn3)C2)c2cccnc12. The molecule has 7 heteroatoms. The van der Waals surface area contributed by atoms with Gasteiger partial charge >= 0.3 is 6.03 Å². The van der Waals surface area contributed by atoms with Gasteiger partial charge in [-0.25, -0.2) is 14.8 Å². The number of hydrogen-bond donors (Lipinski definition) is 2. The van der Waals surface area contributed by atoms with Gasteiger partial charge in [0.15, 0.2) is 0 Å². The van der Waals surface area contributed by atoms with Gasteiger partial charge in [-0.15, -0.1) is 0 Å². The molecular formula is C21H24N6O. The summed E-state index contributed by atoms with van der Waals surface area (Å²) in [4.78, 5) is 27.7. The number of nitrogens with zero attached hydrogens (tertiary/aromatic N) is 4. The number of carbonyl (C=O) groups is 1. The highest BCUT2D eigenvalue weighted by Crippen LogP contribution is 2.24. The molecule has 1 aromatic carbocycles. The second-order valence-electron chi connectivity index (χ2n) is 7.17. The van der Waals surface area contributed by atoms with Gasteiger partial charge in [-0.3, -0.25) is 4.98 Å². The molecule has 2 aromatic heterocycles. The molecule has 0 saturated carbocycles. The number of piperidine rings is 1. The molecule has 1 fully saturated rings. The highest BCUT2D eigenvalue weighted by molar-refractivity contribution is 6.01. The van der Waals surface area contributed by atoms with Gasteiger partial charge in [0.1, 0.15) is 0 Å². The first-order valence-electron chi connectivity index (χ1n) is 9.62. The van der Waals surface area contributed by atoms with E-state index in [1.165, 1.54) is 0 Å². The largest absolute Gasteiger partial charge is 0.340 e. The minimum Gasteiger partial charge on any atom is -0.340 e. The van der Waals surface area contributed by atoms with Crippen LogP contribution < -0.4 is 15.5 Å². The standard InChI is InChI=1S/C21H24N6O/c1-15-7-8-18(17-6-2-9-22-19(15)17)26-21(28)25-13-16-5-3-12-27(14-16)20-23-10-4-11-24-20/h2,4,6-11,16H,3,5,12-14H2,1H3,(H2,25,26,28)/t16-/m0/s1. The zero-order chi connectivity index (χ0) is 19.3. The number of urea groups is 1. The Bertz CT molecular complexity index is 962. The van der Waals surface area contributed by atoms with Crippen molar-refractivity contribution >= 4 is 28.6 Å². The van der Waals surface area contributed by atoms with Gasteiger partial charge in [0.2, 0.25) is 5.95 Å². The van der Waals surface area contributed by atoms with E-state index in [4.69, 9.17) is 0 Å². The number of aromatic nitrogens is 3. The molecule has 1 saturated heterocycles. The van der Waals surface area contributed by atoms with Crippen LogP contribution in [0.3, 0.4) is 0 Å². The number of fused-ring (bicyclic) bond motifs is 1. The van der Waals surface area contributed by atoms with Crippen LogP contribution in [0.1, 0.15) is 18.4 Å². The fraction of sp³-hybridized carbons (Fsp3) is 0.333. The summed E-state index contributed by atoms with van der Waals surface area (Å²) in [6, 6.07) is 9.39. The third kappa shape index (κ3) is 4.03. The molecule has 0 bridgehead atoms. The Kier molecular flexibility index (Phi) is 5.32. The fourth-order valence-electron chi connectivity index (χ4n) is 3.69. The highest BCUT2D eigenvalue weighted by Gasteiger charge is 2.22. The lowest BCUT2D eigenvalue weighted by atomic mass is 9.98. The van der Waals surface area contributed by atoms with Crippen molar-refractivity contribution < 1.29 is 4.79 Å². The van der Waals surface area contributed by atoms with Gasteiger partial charge in [-0.1, -0.05) is 6.07 Å². The van der Waals surface area contributed by atoms with Crippen LogP contribution in [0.15, 0.2) is 48.9 Å². The molecule has 2 N–H and O–H groups in total. The third-order valence-electron chi connectivity index (χ3n) is 5.12. The summed E-state index contributed by atoms with van der Waals surface area (Å²) >= 11 is 0. The lowest BCUT2D eigenvalue weighted by molar-refractivity contribution is 0.249. The van der Waals surface area contributed by atoms with Crippen molar-refractivity contribution in [3.8, 4) is 0 Å². The molecule has 0 spiro atoms. The van der Waals surface area contributed by atoms with E-state index in [0.29, 0.717) is 12.5 Å². The Morgan fingerprint density at radius 2 is 1.96 bits per heavy atom. The van der Waals surface area contributed by atoms with Crippen LogP contribution in [0.2, 0.25) is 0 Å². The predicted molar refractivity (Wildman–Crippen MR) is 110 cm³/mol. The number of benzene rings is 1. The van der Waals surface area contributed by atoms with Crippen molar-refractivity contribution in [2.24, 2.45) is 5.92 Å². The van der Waals surface area contributed by atoms with Crippen LogP contribution in [0.5, 0.6) is 0 Å². The van der Waals surface area contributed by atoms with E-state index in [-0.39, 0.29) is 6.03 Å². The van der Waals surface area contributed by atoms with E-state index in [9.17, 15) is 4.79 Å². The van der Waals surface area contributed by atoms with E-state index in [1.807, 2.05) is 37.3 Å². The summed E-state index contributed by atoms with van der Waals surface area (Å²) in [5.41, 5.74) is 2.77. The van der Waals surface area contributed by atoms with Gasteiger partial charge in [0, 0.05) is 43.6 Å². The first-order chi connectivity index (χ1) is 13.7. The van der Waals surface area contributed by atoms with E-state index in [1.54, 1.807) is 18.6 Å². The second-order valence-corrected chi connectivity index (χ2v) is 7.17. The maximum Gasteiger partial charge on any atom is 0.319 e. The Labute approximate surface area is 164 Å². The molecule has 3 aromatic rings. The van der Waals surface area contributed by atoms with Gasteiger partial charge in [0.05, 0.1) is 11.2 Å². The number of anilines is 2. The zero-order valence-corrected chi connectivity index (χ0v) is 15.9. The molecule has 7 nitrogen and oxygen atoms in total. The summed E-state index contributed by atoms with van der Waals surface area (Å²) in [5.74, 6) is 1.13. The first-order valence-corrected chi connectivity index (χ1v) is 9.62. The maximum atomic E-state index is 12.5. The van der Waals surface area contributed by atoms with Crippen LogP contribution in [0, 0.1) is 12.8 Å². The van der Waals surface area contributed by atoms with Crippen molar-refractivity contribution in [2.45, 2.75) is 19.8 Å². The van der Waals surface area contributed by atoms with Crippen molar-refractivity contribution in [2.75, 3.05) is 29.9 Å². The fourth-order valence-corrected chi connectivity index (χ4v) is 3.69. The Hall–Kier alpha value is -3.22. The van der Waals surface area contributed by atoms with Crippen molar-refractivity contribution in [1.82, 2.24) is 20.3 Å². The molecule has 0 radical (unpaired) electrons. The lowest BCUT2D eigenvalue weighted by Crippen LogP contribution is -2.42. The van der Waals surface area contributed by atoms with Gasteiger partial charge in [0.25, 0.3) is 0 Å². The van der Waals surface area contributed by atoms with Crippen molar-refractivity contribution in [3.63, 3.8) is 0 Å². The van der Waals surface area contributed by atoms with E-state index < -0.39 is 0 Å². The Morgan fingerprint density at radius 3 is 2.82 bits per heavy atom. The van der Waals surface area contributed by atoms with Crippen LogP contribution in [-0.4, -0.2) is 40.6 Å². The van der Waals surface area contributed by atoms with Crippen LogP contribution >= 0.6 is 0 Å². The number of amides is 2. The first kappa shape index (κ1) is 18.2. The number of nitrogens with one attached hydrogen (secondary N) is 2. The smallest absolute Gasteiger partial charge is 0.319 e. The minimum absolute atomic E-state index is 0.193. The second kappa shape index (κ2) is 8.21. The summed E-state index contributed by atoms with van der Waals surface area (Å²) in [6.07, 6.45) is 7.45. The number of carbonyl (C=O) groups excluding carboxylic acids is 1. The molecule has 1 aliphatic rings. The number of pyridine rings is 1. The Morgan fingerprint density at radius 1 is 1.14 bits per heavy atom. The van der Waals surface area contributed by atoms with Gasteiger partial charge in [-0.2, -0.15) is 0 Å². The van der Waals surface area contributed by atoms with Gasteiger partial charge in [-0.05, 0) is 55.5 Å². The molecule has 4 rings (SSSR count). The topological polar surface area (TPSA) is 83.0 Å². The molecule has 144 valence electrons. The maximum absolute atomic E-state index is 12.5. The molecule has 1 atom stereocenters. The highest BCUT2D eigenvalue weighted by atomic mass is 16.2. The summed E-state index contributed by atoms with van der Waals surface area (Å²) < 4.78 is 0. The minimum atomic E-state index is -0.193. The van der Waals surface area contributed by atoms with Crippen LogP contribution in [0.25, 0.3) is 10.9 Å². The molecule has 28 heavy (non-hydrogen) atoms. The Balaban J connectivity index is 1.35. The van der Waals surface area contributed by atoms with Crippen LogP contribution in [0.4, 0.5) is 16.4 Å². The predicted octanol–water partition coefficient (Wildman–Crippen LogP) is 3.37. The molecule has 1 aliphatic heterocycles. The van der Waals surface area contributed by atoms with E-state index in [0.717, 1.165) is 54.0 Å². The third-order valence-corrected chi connectivity index (χ3v) is 5.12. The molecule has 0 aliphatic carbocycles. The van der Waals surface area contributed by atoms with Gasteiger partial charge < -0.3 is 15.5 Å². The zero-order valence-electron chi connectivity index (χ0n) is 15.9. The number of hydrogen-bond acceptors (Lipinski definition) is 5. The summed E-state index contributed by atoms with van der Waals surface area (Å²) in [6.45, 7) is 4.44. The molecule has 0 unspecified atom stereocenters. The quantitative estimate of drug-likeness (QED) is 0.729. The summed E-state index contributed by atoms with van der Waals surface area (Å²) in [7, 11) is 0. The average Bonchev–Trinajstić information content (AvgIpc) is 2.75. The average molecular weight is 376 g/mol. The van der Waals surface area contributed by atoms with E-state index in [2.05, 4.69) is 30.5 Å². The monoisotopic (exact) mass is 376 g/mol. The van der Waals surface area contributed by atoms with Crippen molar-refractivity contribution in [3.05, 3.63) is 54.5 Å². The van der Waals surface area contributed by atoms with E-state index >= 15 is 0 Å². The van der Waals surface area contributed by atoms with Crippen LogP contribution in [-0.2, 0) is 0 Å². The lowest BCUT2D eigenvalue weighted by Gasteiger charge is -2.32. The number of rotatable bonds is 4. The summed E-state index contributed by atoms with van der Waals surface area (Å²) in [5, 5.41) is 6.93. The van der Waals surface area contributed by atoms with Crippen molar-refractivity contribution in [1.29, 1.82) is 0 Å². The normalized spacial score (nSPS) is 16.8. The molecule has 2 amide bonds.